The molecule has 1 fully saturated rings. The highest BCUT2D eigenvalue weighted by molar-refractivity contribution is 7.13. The molecule has 0 spiro atoms. The first-order valence-electron chi connectivity index (χ1n) is 10.5. The third-order valence-corrected chi connectivity index (χ3v) is 7.01. The van der Waals surface area contributed by atoms with Gasteiger partial charge in [-0.1, -0.05) is 25.3 Å². The topological polar surface area (TPSA) is 75.0 Å². The average Bonchev–Trinajstić information content (AvgIpc) is 3.39. The van der Waals surface area contributed by atoms with Crippen LogP contribution in [0.1, 0.15) is 66.6 Å². The maximum Gasteiger partial charge on any atom is 0.255 e. The molecule has 0 aromatic carbocycles. The van der Waals surface area contributed by atoms with Gasteiger partial charge in [-0.15, -0.1) is 11.3 Å². The molecule has 5 rings (SSSR count). The average molecular weight is 411 g/mol. The van der Waals surface area contributed by atoms with Crippen molar-refractivity contribution in [3.05, 3.63) is 56.4 Å². The molecule has 1 N–H and O–H groups in total. The molecule has 0 amide bonds. The number of fused-ring (bicyclic) bond motifs is 1. The fourth-order valence-electron chi connectivity index (χ4n) is 4.50. The second-order valence-corrected chi connectivity index (χ2v) is 9.12. The molecule has 0 atom stereocenters. The van der Waals surface area contributed by atoms with Gasteiger partial charge < -0.3 is 9.40 Å². The maximum atomic E-state index is 12.8. The van der Waals surface area contributed by atoms with Gasteiger partial charge in [-0.2, -0.15) is 0 Å². The molecule has 29 heavy (non-hydrogen) atoms. The lowest BCUT2D eigenvalue weighted by molar-refractivity contribution is 0.237. The first kappa shape index (κ1) is 18.8. The standard InChI is InChI=1S/C22H26N4O2S/c1-14-18(24-22(28-14)19-8-5-11-29-19)13-26-10-9-17-16(12-26)21(27)25-20(23-17)15-6-3-2-4-7-15/h5,8,11,15H,2-4,6-7,9-10,12-13H2,1H3,(H,23,25,27). The summed E-state index contributed by atoms with van der Waals surface area (Å²) in [5.41, 5.74) is 2.79. The van der Waals surface area contributed by atoms with Crippen molar-refractivity contribution < 1.29 is 4.42 Å². The van der Waals surface area contributed by atoms with Gasteiger partial charge in [0.2, 0.25) is 5.89 Å². The zero-order chi connectivity index (χ0) is 19.8. The van der Waals surface area contributed by atoms with Crippen LogP contribution in [0.5, 0.6) is 0 Å². The van der Waals surface area contributed by atoms with Gasteiger partial charge in [-0.05, 0) is 31.2 Å². The van der Waals surface area contributed by atoms with Crippen LogP contribution in [0, 0.1) is 6.92 Å². The fraction of sp³-hybridized carbons (Fsp3) is 0.500. The van der Waals surface area contributed by atoms with Gasteiger partial charge in [0.25, 0.3) is 5.56 Å². The van der Waals surface area contributed by atoms with E-state index in [0.29, 0.717) is 24.9 Å². The number of aromatic nitrogens is 3. The Morgan fingerprint density at radius 3 is 2.93 bits per heavy atom. The summed E-state index contributed by atoms with van der Waals surface area (Å²) in [7, 11) is 0. The van der Waals surface area contributed by atoms with Crippen LogP contribution in [0.2, 0.25) is 0 Å². The quantitative estimate of drug-likeness (QED) is 0.690. The Kier molecular flexibility index (Phi) is 5.09. The summed E-state index contributed by atoms with van der Waals surface area (Å²) in [6.07, 6.45) is 6.88. The highest BCUT2D eigenvalue weighted by Gasteiger charge is 2.25. The number of aryl methyl sites for hydroxylation is 1. The van der Waals surface area contributed by atoms with E-state index in [2.05, 4.69) is 9.88 Å². The van der Waals surface area contributed by atoms with Crippen molar-refractivity contribution in [2.24, 2.45) is 0 Å². The molecule has 0 radical (unpaired) electrons. The van der Waals surface area contributed by atoms with Crippen molar-refractivity contribution in [1.82, 2.24) is 19.9 Å². The Morgan fingerprint density at radius 2 is 2.14 bits per heavy atom. The maximum absolute atomic E-state index is 12.8. The van der Waals surface area contributed by atoms with E-state index in [4.69, 9.17) is 14.4 Å². The molecule has 3 aromatic heterocycles. The van der Waals surface area contributed by atoms with Crippen LogP contribution in [-0.4, -0.2) is 26.4 Å². The Hall–Kier alpha value is -2.25. The Morgan fingerprint density at radius 1 is 1.28 bits per heavy atom. The summed E-state index contributed by atoms with van der Waals surface area (Å²) in [5, 5.41) is 2.02. The van der Waals surface area contributed by atoms with Crippen LogP contribution >= 0.6 is 11.3 Å². The molecule has 3 aromatic rings. The molecule has 1 aliphatic carbocycles. The largest absolute Gasteiger partial charge is 0.440 e. The van der Waals surface area contributed by atoms with Crippen LogP contribution in [0.3, 0.4) is 0 Å². The van der Waals surface area contributed by atoms with Crippen LogP contribution < -0.4 is 5.56 Å². The van der Waals surface area contributed by atoms with Gasteiger partial charge in [0.05, 0.1) is 21.8 Å². The molecular weight excluding hydrogens is 384 g/mol. The predicted octanol–water partition coefficient (Wildman–Crippen LogP) is 4.40. The first-order chi connectivity index (χ1) is 14.2. The Labute approximate surface area is 174 Å². The minimum Gasteiger partial charge on any atom is -0.440 e. The zero-order valence-electron chi connectivity index (χ0n) is 16.7. The van der Waals surface area contributed by atoms with E-state index < -0.39 is 0 Å². The van der Waals surface area contributed by atoms with E-state index in [0.717, 1.165) is 59.2 Å². The van der Waals surface area contributed by atoms with Crippen molar-refractivity contribution in [1.29, 1.82) is 0 Å². The lowest BCUT2D eigenvalue weighted by Gasteiger charge is -2.28. The van der Waals surface area contributed by atoms with Gasteiger partial charge in [-0.25, -0.2) is 9.97 Å². The van der Waals surface area contributed by atoms with Gasteiger partial charge in [0.1, 0.15) is 11.6 Å². The smallest absolute Gasteiger partial charge is 0.255 e. The van der Waals surface area contributed by atoms with Crippen molar-refractivity contribution in [3.63, 3.8) is 0 Å². The third-order valence-electron chi connectivity index (χ3n) is 6.16. The molecule has 4 heterocycles. The van der Waals surface area contributed by atoms with E-state index in [1.807, 2.05) is 24.4 Å². The van der Waals surface area contributed by atoms with Gasteiger partial charge in [0.15, 0.2) is 0 Å². The number of H-pyrrole nitrogens is 1. The summed E-state index contributed by atoms with van der Waals surface area (Å²) in [4.78, 5) is 28.8. The monoisotopic (exact) mass is 410 g/mol. The normalized spacial score (nSPS) is 18.1. The summed E-state index contributed by atoms with van der Waals surface area (Å²) in [5.74, 6) is 2.86. The van der Waals surface area contributed by atoms with Gasteiger partial charge in [0, 0.05) is 32.0 Å². The minimum atomic E-state index is 0.0384. The van der Waals surface area contributed by atoms with Gasteiger partial charge in [-0.3, -0.25) is 9.69 Å². The molecule has 0 unspecified atom stereocenters. The highest BCUT2D eigenvalue weighted by Crippen LogP contribution is 2.31. The number of nitrogens with zero attached hydrogens (tertiary/aromatic N) is 3. The number of rotatable bonds is 4. The van der Waals surface area contributed by atoms with Crippen LogP contribution in [0.15, 0.2) is 26.7 Å². The van der Waals surface area contributed by atoms with Crippen molar-refractivity contribution >= 4 is 11.3 Å². The SMILES string of the molecule is Cc1oc(-c2cccs2)nc1CN1CCc2nc(C3CCCCC3)[nH]c(=O)c2C1. The Bertz CT molecular complexity index is 1050. The summed E-state index contributed by atoms with van der Waals surface area (Å²) in [6, 6.07) is 4.02. The summed E-state index contributed by atoms with van der Waals surface area (Å²) in [6.45, 7) is 4.14. The molecule has 0 saturated heterocycles. The summed E-state index contributed by atoms with van der Waals surface area (Å²) < 4.78 is 5.87. The third kappa shape index (κ3) is 3.81. The second kappa shape index (κ2) is 7.88. The van der Waals surface area contributed by atoms with E-state index in [9.17, 15) is 4.79 Å². The second-order valence-electron chi connectivity index (χ2n) is 8.17. The molecule has 7 heteroatoms. The first-order valence-corrected chi connectivity index (χ1v) is 11.4. The van der Waals surface area contributed by atoms with E-state index in [1.54, 1.807) is 11.3 Å². The van der Waals surface area contributed by atoms with Crippen molar-refractivity contribution in [2.75, 3.05) is 6.54 Å². The van der Waals surface area contributed by atoms with E-state index in [-0.39, 0.29) is 5.56 Å². The number of oxazole rings is 1. The van der Waals surface area contributed by atoms with Crippen LogP contribution in [-0.2, 0) is 19.5 Å². The van der Waals surface area contributed by atoms with E-state index >= 15 is 0 Å². The van der Waals surface area contributed by atoms with Crippen molar-refractivity contribution in [3.8, 4) is 10.8 Å². The minimum absolute atomic E-state index is 0.0384. The van der Waals surface area contributed by atoms with Gasteiger partial charge >= 0.3 is 0 Å². The molecule has 152 valence electrons. The predicted molar refractivity (Wildman–Crippen MR) is 113 cm³/mol. The lowest BCUT2D eigenvalue weighted by Crippen LogP contribution is -2.36. The highest BCUT2D eigenvalue weighted by atomic mass is 32.1. The molecular formula is C22H26N4O2S. The number of hydrogen-bond acceptors (Lipinski definition) is 6. The summed E-state index contributed by atoms with van der Waals surface area (Å²) >= 11 is 1.63. The molecule has 0 bridgehead atoms. The number of hydrogen-bond donors (Lipinski definition) is 1. The fourth-order valence-corrected chi connectivity index (χ4v) is 5.15. The number of nitrogens with one attached hydrogen (secondary N) is 1. The molecule has 2 aliphatic rings. The molecule has 1 aliphatic heterocycles. The Balaban J connectivity index is 1.33. The molecule has 6 nitrogen and oxygen atoms in total. The number of aromatic amines is 1. The van der Waals surface area contributed by atoms with E-state index in [1.165, 1.54) is 19.3 Å². The number of thiophene rings is 1. The van der Waals surface area contributed by atoms with Crippen molar-refractivity contribution in [2.45, 2.75) is 64.5 Å². The van der Waals surface area contributed by atoms with Crippen LogP contribution in [0.4, 0.5) is 0 Å². The van der Waals surface area contributed by atoms with Crippen LogP contribution in [0.25, 0.3) is 10.8 Å². The molecule has 1 saturated carbocycles. The lowest BCUT2D eigenvalue weighted by atomic mass is 9.88. The zero-order valence-corrected chi connectivity index (χ0v) is 17.6.